The summed E-state index contributed by atoms with van der Waals surface area (Å²) in [5.74, 6) is 1.59. The van der Waals surface area contributed by atoms with Gasteiger partial charge >= 0.3 is 0 Å². The highest BCUT2D eigenvalue weighted by molar-refractivity contribution is 5.84. The van der Waals surface area contributed by atoms with E-state index in [1.54, 1.807) is 0 Å². The first-order valence-electron chi connectivity index (χ1n) is 6.06. The van der Waals surface area contributed by atoms with Crippen molar-refractivity contribution in [2.24, 2.45) is 22.6 Å². The molecule has 2 unspecified atom stereocenters. The van der Waals surface area contributed by atoms with Crippen LogP contribution in [-0.2, 0) is 0 Å². The molecule has 0 aromatic heterocycles. The molecule has 1 heterocycles. The average molecular weight is 233 g/mol. The van der Waals surface area contributed by atoms with Crippen LogP contribution in [0.4, 0.5) is 0 Å². The molecule has 0 spiro atoms. The van der Waals surface area contributed by atoms with Crippen molar-refractivity contribution in [3.05, 3.63) is 37.1 Å². The molecule has 0 aliphatic carbocycles. The Bertz CT molecular complexity index is 341. The van der Waals surface area contributed by atoms with Crippen LogP contribution in [0.1, 0.15) is 13.8 Å². The third-order valence-corrected chi connectivity index (χ3v) is 3.35. The van der Waals surface area contributed by atoms with Crippen molar-refractivity contribution in [3.63, 3.8) is 0 Å². The van der Waals surface area contributed by atoms with Gasteiger partial charge in [-0.25, -0.2) is 4.99 Å². The van der Waals surface area contributed by atoms with Crippen molar-refractivity contribution in [1.29, 1.82) is 0 Å². The molecule has 1 fully saturated rings. The molecule has 1 rings (SSSR count). The Labute approximate surface area is 104 Å². The fourth-order valence-electron chi connectivity index (χ4n) is 2.31. The number of allylic oxidation sites excluding steroid dienone is 1. The molecule has 1 aliphatic rings. The summed E-state index contributed by atoms with van der Waals surface area (Å²) in [6.07, 6.45) is 5.54. The molecular formula is C14H23N3. The maximum atomic E-state index is 5.96. The van der Waals surface area contributed by atoms with Crippen LogP contribution >= 0.6 is 0 Å². The van der Waals surface area contributed by atoms with Gasteiger partial charge in [0.25, 0.3) is 0 Å². The molecule has 1 aliphatic heterocycles. The standard InChI is InChI=1S/C14H23N3/c1-5-12(6-2)9-17-8-11(4)13(10-17)14(15)16-7-3/h5-7,11,13H,1,3,8-10H2,2,4H3,(H2,15,16). The van der Waals surface area contributed by atoms with E-state index in [1.807, 2.05) is 13.0 Å². The molecular weight excluding hydrogens is 210 g/mol. The highest BCUT2D eigenvalue weighted by atomic mass is 15.2. The van der Waals surface area contributed by atoms with Crippen LogP contribution in [0.25, 0.3) is 0 Å². The first-order chi connectivity index (χ1) is 8.12. The molecule has 3 nitrogen and oxygen atoms in total. The Morgan fingerprint density at radius 2 is 2.18 bits per heavy atom. The number of aliphatic imine (C=N–C) groups is 1. The third-order valence-electron chi connectivity index (χ3n) is 3.35. The number of rotatable bonds is 5. The normalized spacial score (nSPS) is 27.2. The lowest BCUT2D eigenvalue weighted by atomic mass is 9.97. The quantitative estimate of drug-likeness (QED) is 0.449. The van der Waals surface area contributed by atoms with Gasteiger partial charge in [-0.05, 0) is 18.4 Å². The van der Waals surface area contributed by atoms with Gasteiger partial charge in [-0.2, -0.15) is 0 Å². The van der Waals surface area contributed by atoms with E-state index in [2.05, 4.69) is 36.0 Å². The molecule has 17 heavy (non-hydrogen) atoms. The van der Waals surface area contributed by atoms with E-state index in [9.17, 15) is 0 Å². The second-order valence-corrected chi connectivity index (χ2v) is 4.58. The van der Waals surface area contributed by atoms with Crippen molar-refractivity contribution in [2.45, 2.75) is 13.8 Å². The minimum absolute atomic E-state index is 0.343. The van der Waals surface area contributed by atoms with Crippen molar-refractivity contribution in [2.75, 3.05) is 19.6 Å². The Morgan fingerprint density at radius 3 is 2.71 bits per heavy atom. The zero-order valence-electron chi connectivity index (χ0n) is 10.9. The van der Waals surface area contributed by atoms with E-state index in [4.69, 9.17) is 5.73 Å². The van der Waals surface area contributed by atoms with Gasteiger partial charge in [-0.1, -0.05) is 32.2 Å². The SMILES string of the molecule is C=CN=C(N)C1CN(CC(C=C)=CC)CC1C. The Hall–Kier alpha value is -1.35. The second kappa shape index (κ2) is 6.40. The number of nitrogens with zero attached hydrogens (tertiary/aromatic N) is 2. The number of amidine groups is 1. The lowest BCUT2D eigenvalue weighted by molar-refractivity contribution is 0.356. The zero-order chi connectivity index (χ0) is 12.8. The molecule has 0 bridgehead atoms. The molecule has 0 aromatic rings. The highest BCUT2D eigenvalue weighted by Gasteiger charge is 2.31. The molecule has 0 radical (unpaired) electrons. The van der Waals surface area contributed by atoms with Crippen LogP contribution < -0.4 is 5.73 Å². The lowest BCUT2D eigenvalue weighted by Crippen LogP contribution is -2.29. The third kappa shape index (κ3) is 3.56. The van der Waals surface area contributed by atoms with Gasteiger partial charge in [0.1, 0.15) is 5.84 Å². The molecule has 2 N–H and O–H groups in total. The summed E-state index contributed by atoms with van der Waals surface area (Å²) < 4.78 is 0. The van der Waals surface area contributed by atoms with Gasteiger partial charge in [0, 0.05) is 31.8 Å². The smallest absolute Gasteiger partial charge is 0.104 e. The summed E-state index contributed by atoms with van der Waals surface area (Å²) in [4.78, 5) is 6.51. The molecule has 0 saturated carbocycles. The van der Waals surface area contributed by atoms with E-state index < -0.39 is 0 Å². The van der Waals surface area contributed by atoms with E-state index >= 15 is 0 Å². The zero-order valence-corrected chi connectivity index (χ0v) is 10.9. The summed E-state index contributed by atoms with van der Waals surface area (Å²) in [5, 5.41) is 0. The second-order valence-electron chi connectivity index (χ2n) is 4.58. The predicted octanol–water partition coefficient (Wildman–Crippen LogP) is 2.19. The highest BCUT2D eigenvalue weighted by Crippen LogP contribution is 2.24. The molecule has 1 saturated heterocycles. The summed E-state index contributed by atoms with van der Waals surface area (Å²) in [6, 6.07) is 0. The van der Waals surface area contributed by atoms with Gasteiger partial charge in [0.15, 0.2) is 0 Å². The van der Waals surface area contributed by atoms with Crippen LogP contribution in [0.2, 0.25) is 0 Å². The van der Waals surface area contributed by atoms with Crippen molar-refractivity contribution in [3.8, 4) is 0 Å². The van der Waals surface area contributed by atoms with Crippen LogP contribution in [-0.4, -0.2) is 30.4 Å². The first kappa shape index (κ1) is 13.7. The largest absolute Gasteiger partial charge is 0.387 e. The number of hydrogen-bond donors (Lipinski definition) is 1. The van der Waals surface area contributed by atoms with Gasteiger partial charge in [-0.3, -0.25) is 4.90 Å². The van der Waals surface area contributed by atoms with Crippen molar-refractivity contribution in [1.82, 2.24) is 4.90 Å². The number of nitrogens with two attached hydrogens (primary N) is 1. The molecule has 94 valence electrons. The van der Waals surface area contributed by atoms with Gasteiger partial charge in [0.05, 0.1) is 0 Å². The maximum Gasteiger partial charge on any atom is 0.104 e. The summed E-state index contributed by atoms with van der Waals surface area (Å²) in [6.45, 7) is 14.6. The van der Waals surface area contributed by atoms with Crippen molar-refractivity contribution >= 4 is 5.84 Å². The van der Waals surface area contributed by atoms with Crippen LogP contribution in [0, 0.1) is 11.8 Å². The monoisotopic (exact) mass is 233 g/mol. The number of hydrogen-bond acceptors (Lipinski definition) is 2. The van der Waals surface area contributed by atoms with Crippen LogP contribution in [0.15, 0.2) is 42.1 Å². The van der Waals surface area contributed by atoms with E-state index in [1.165, 1.54) is 11.8 Å². The van der Waals surface area contributed by atoms with E-state index in [0.29, 0.717) is 17.7 Å². The van der Waals surface area contributed by atoms with E-state index in [-0.39, 0.29) is 0 Å². The fourth-order valence-corrected chi connectivity index (χ4v) is 2.31. The summed E-state index contributed by atoms with van der Waals surface area (Å²) in [5.41, 5.74) is 7.22. The Morgan fingerprint density at radius 1 is 1.47 bits per heavy atom. The molecule has 0 aromatic carbocycles. The lowest BCUT2D eigenvalue weighted by Gasteiger charge is -2.16. The minimum atomic E-state index is 0.343. The Kier molecular flexibility index (Phi) is 5.16. The van der Waals surface area contributed by atoms with Gasteiger partial charge in [0.2, 0.25) is 0 Å². The fraction of sp³-hybridized carbons (Fsp3) is 0.500. The first-order valence-corrected chi connectivity index (χ1v) is 6.06. The summed E-state index contributed by atoms with van der Waals surface area (Å²) in [7, 11) is 0. The van der Waals surface area contributed by atoms with Crippen molar-refractivity contribution < 1.29 is 0 Å². The number of likely N-dealkylation sites (tertiary alicyclic amines) is 1. The molecule has 2 atom stereocenters. The topological polar surface area (TPSA) is 41.6 Å². The minimum Gasteiger partial charge on any atom is -0.387 e. The molecule has 3 heteroatoms. The maximum absolute atomic E-state index is 5.96. The summed E-state index contributed by atoms with van der Waals surface area (Å²) >= 11 is 0. The predicted molar refractivity (Wildman–Crippen MR) is 74.9 cm³/mol. The van der Waals surface area contributed by atoms with E-state index in [0.717, 1.165) is 19.6 Å². The molecule has 0 amide bonds. The van der Waals surface area contributed by atoms with Gasteiger partial charge < -0.3 is 5.73 Å². The van der Waals surface area contributed by atoms with Crippen LogP contribution in [0.5, 0.6) is 0 Å². The van der Waals surface area contributed by atoms with Gasteiger partial charge in [-0.15, -0.1) is 0 Å². The Balaban J connectivity index is 2.63. The average Bonchev–Trinajstić information content (AvgIpc) is 2.67. The van der Waals surface area contributed by atoms with Crippen LogP contribution in [0.3, 0.4) is 0 Å².